The number of thiocarbonyl (C=S) groups is 1. The largest absolute Gasteiger partial charge is 0.389 e. The van der Waals surface area contributed by atoms with Crippen LogP contribution < -0.4 is 5.73 Å². The minimum Gasteiger partial charge on any atom is -0.389 e. The SMILES string of the molecule is NC(=S)c1cnn(-c2ccccc2)c1-c1ccc(F)cc1. The van der Waals surface area contributed by atoms with Gasteiger partial charge in [0.05, 0.1) is 23.1 Å². The maximum absolute atomic E-state index is 13.1. The van der Waals surface area contributed by atoms with Gasteiger partial charge in [-0.1, -0.05) is 30.4 Å². The number of halogens is 1. The van der Waals surface area contributed by atoms with E-state index in [4.69, 9.17) is 18.0 Å². The fraction of sp³-hybridized carbons (Fsp3) is 0. The minimum absolute atomic E-state index is 0.261. The molecule has 0 aliphatic heterocycles. The molecule has 21 heavy (non-hydrogen) atoms. The van der Waals surface area contributed by atoms with Crippen molar-refractivity contribution in [1.82, 2.24) is 9.78 Å². The van der Waals surface area contributed by atoms with Crippen molar-refractivity contribution in [2.24, 2.45) is 5.73 Å². The number of nitrogens with two attached hydrogens (primary N) is 1. The van der Waals surface area contributed by atoms with Gasteiger partial charge in [-0.3, -0.25) is 0 Å². The van der Waals surface area contributed by atoms with E-state index in [0.29, 0.717) is 5.56 Å². The lowest BCUT2D eigenvalue weighted by Crippen LogP contribution is -2.10. The van der Waals surface area contributed by atoms with Crippen molar-refractivity contribution in [1.29, 1.82) is 0 Å². The summed E-state index contributed by atoms with van der Waals surface area (Å²) in [6.45, 7) is 0. The van der Waals surface area contributed by atoms with Gasteiger partial charge in [0, 0.05) is 5.56 Å². The van der Waals surface area contributed by atoms with E-state index in [1.165, 1.54) is 12.1 Å². The lowest BCUT2D eigenvalue weighted by atomic mass is 10.1. The molecule has 3 aromatic rings. The number of hydrogen-bond acceptors (Lipinski definition) is 2. The fourth-order valence-electron chi connectivity index (χ4n) is 2.18. The molecule has 2 aromatic carbocycles. The molecule has 1 aromatic heterocycles. The zero-order valence-electron chi connectivity index (χ0n) is 11.0. The first kappa shape index (κ1) is 13.5. The molecular formula is C16H12FN3S. The molecule has 0 unspecified atom stereocenters. The van der Waals surface area contributed by atoms with Gasteiger partial charge in [-0.25, -0.2) is 9.07 Å². The molecule has 0 saturated carbocycles. The molecular weight excluding hydrogens is 285 g/mol. The van der Waals surface area contributed by atoms with Crippen LogP contribution in [0.2, 0.25) is 0 Å². The predicted octanol–water partition coefficient (Wildman–Crippen LogP) is 3.31. The number of hydrogen-bond donors (Lipinski definition) is 1. The summed E-state index contributed by atoms with van der Waals surface area (Å²) in [5.41, 5.74) is 8.90. The quantitative estimate of drug-likeness (QED) is 0.754. The van der Waals surface area contributed by atoms with Gasteiger partial charge in [0.1, 0.15) is 10.8 Å². The van der Waals surface area contributed by atoms with E-state index >= 15 is 0 Å². The van der Waals surface area contributed by atoms with E-state index in [1.807, 2.05) is 30.3 Å². The van der Waals surface area contributed by atoms with Crippen molar-refractivity contribution in [2.45, 2.75) is 0 Å². The second-order valence-corrected chi connectivity index (χ2v) is 4.97. The molecule has 0 amide bonds. The van der Waals surface area contributed by atoms with E-state index in [1.54, 1.807) is 23.0 Å². The van der Waals surface area contributed by atoms with E-state index in [-0.39, 0.29) is 10.8 Å². The van der Waals surface area contributed by atoms with Crippen molar-refractivity contribution >= 4 is 17.2 Å². The number of aromatic nitrogens is 2. The Hall–Kier alpha value is -2.53. The number of benzene rings is 2. The molecule has 0 fully saturated rings. The second kappa shape index (κ2) is 5.46. The van der Waals surface area contributed by atoms with Crippen LogP contribution >= 0.6 is 12.2 Å². The van der Waals surface area contributed by atoms with E-state index in [2.05, 4.69) is 5.10 Å². The first-order chi connectivity index (χ1) is 10.2. The highest BCUT2D eigenvalue weighted by atomic mass is 32.1. The van der Waals surface area contributed by atoms with Crippen LogP contribution in [0.1, 0.15) is 5.56 Å². The first-order valence-corrected chi connectivity index (χ1v) is 6.77. The summed E-state index contributed by atoms with van der Waals surface area (Å²) in [5.74, 6) is -0.290. The van der Waals surface area contributed by atoms with Gasteiger partial charge in [0.15, 0.2) is 0 Å². The molecule has 3 rings (SSSR count). The molecule has 104 valence electrons. The highest BCUT2D eigenvalue weighted by Gasteiger charge is 2.16. The predicted molar refractivity (Wildman–Crippen MR) is 84.8 cm³/mol. The lowest BCUT2D eigenvalue weighted by molar-refractivity contribution is 0.628. The Morgan fingerprint density at radius 3 is 2.33 bits per heavy atom. The Bertz CT molecular complexity index is 779. The minimum atomic E-state index is -0.290. The van der Waals surface area contributed by atoms with Crippen molar-refractivity contribution in [3.63, 3.8) is 0 Å². The topological polar surface area (TPSA) is 43.8 Å². The first-order valence-electron chi connectivity index (χ1n) is 6.36. The van der Waals surface area contributed by atoms with Gasteiger partial charge in [-0.05, 0) is 36.4 Å². The Morgan fingerprint density at radius 1 is 1.05 bits per heavy atom. The fourth-order valence-corrected chi connectivity index (χ4v) is 2.33. The molecule has 1 heterocycles. The molecule has 5 heteroatoms. The zero-order valence-corrected chi connectivity index (χ0v) is 11.8. The monoisotopic (exact) mass is 297 g/mol. The van der Waals surface area contributed by atoms with Crippen molar-refractivity contribution in [3.8, 4) is 16.9 Å². The third-order valence-corrected chi connectivity index (χ3v) is 3.37. The maximum atomic E-state index is 13.1. The maximum Gasteiger partial charge on any atom is 0.123 e. The average Bonchev–Trinajstić information content (AvgIpc) is 2.94. The van der Waals surface area contributed by atoms with Gasteiger partial charge in [0.2, 0.25) is 0 Å². The van der Waals surface area contributed by atoms with Crippen LogP contribution in [0.5, 0.6) is 0 Å². The van der Waals surface area contributed by atoms with Crippen LogP contribution in [-0.4, -0.2) is 14.8 Å². The third kappa shape index (κ3) is 2.55. The van der Waals surface area contributed by atoms with Crippen LogP contribution in [0, 0.1) is 5.82 Å². The van der Waals surface area contributed by atoms with Crippen LogP contribution in [0.25, 0.3) is 16.9 Å². The second-order valence-electron chi connectivity index (χ2n) is 4.53. The average molecular weight is 297 g/mol. The molecule has 3 nitrogen and oxygen atoms in total. The molecule has 0 saturated heterocycles. The summed E-state index contributed by atoms with van der Waals surface area (Å²) in [7, 11) is 0. The molecule has 0 radical (unpaired) electrons. The molecule has 0 bridgehead atoms. The van der Waals surface area contributed by atoms with Crippen molar-refractivity contribution < 1.29 is 4.39 Å². The van der Waals surface area contributed by atoms with Crippen molar-refractivity contribution in [3.05, 3.63) is 72.2 Å². The Labute approximate surface area is 126 Å². The van der Waals surface area contributed by atoms with Crippen LogP contribution in [0.4, 0.5) is 4.39 Å². The van der Waals surface area contributed by atoms with Gasteiger partial charge in [-0.15, -0.1) is 0 Å². The Morgan fingerprint density at radius 2 is 1.71 bits per heavy atom. The number of rotatable bonds is 3. The molecule has 0 atom stereocenters. The lowest BCUT2D eigenvalue weighted by Gasteiger charge is -2.09. The Balaban J connectivity index is 2.23. The number of para-hydroxylation sites is 1. The van der Waals surface area contributed by atoms with Crippen LogP contribution in [0.3, 0.4) is 0 Å². The normalized spacial score (nSPS) is 10.5. The van der Waals surface area contributed by atoms with E-state index < -0.39 is 0 Å². The van der Waals surface area contributed by atoms with E-state index in [0.717, 1.165) is 16.9 Å². The summed E-state index contributed by atoms with van der Waals surface area (Å²) >= 11 is 5.09. The zero-order chi connectivity index (χ0) is 14.8. The summed E-state index contributed by atoms with van der Waals surface area (Å²) in [5, 5.41) is 4.36. The van der Waals surface area contributed by atoms with Crippen LogP contribution in [-0.2, 0) is 0 Å². The van der Waals surface area contributed by atoms with Crippen molar-refractivity contribution in [2.75, 3.05) is 0 Å². The van der Waals surface area contributed by atoms with Gasteiger partial charge in [-0.2, -0.15) is 5.10 Å². The number of nitrogens with zero attached hydrogens (tertiary/aromatic N) is 2. The van der Waals surface area contributed by atoms with Gasteiger partial charge >= 0.3 is 0 Å². The summed E-state index contributed by atoms with van der Waals surface area (Å²) in [4.78, 5) is 0.261. The van der Waals surface area contributed by atoms with E-state index in [9.17, 15) is 4.39 Å². The molecule has 0 aliphatic carbocycles. The van der Waals surface area contributed by atoms with Gasteiger partial charge in [0.25, 0.3) is 0 Å². The summed E-state index contributed by atoms with van der Waals surface area (Å²) in [6.07, 6.45) is 1.63. The summed E-state index contributed by atoms with van der Waals surface area (Å²) in [6, 6.07) is 15.8. The molecule has 0 spiro atoms. The molecule has 0 aliphatic rings. The van der Waals surface area contributed by atoms with Crippen LogP contribution in [0.15, 0.2) is 60.8 Å². The smallest absolute Gasteiger partial charge is 0.123 e. The Kier molecular flexibility index (Phi) is 3.50. The highest BCUT2D eigenvalue weighted by molar-refractivity contribution is 7.80. The standard InChI is InChI=1S/C16H12FN3S/c17-12-8-6-11(7-9-12)15-14(16(18)21)10-19-20(15)13-4-2-1-3-5-13/h1-10H,(H2,18,21). The highest BCUT2D eigenvalue weighted by Crippen LogP contribution is 2.26. The molecule has 2 N–H and O–H groups in total. The third-order valence-electron chi connectivity index (χ3n) is 3.15. The van der Waals surface area contributed by atoms with Gasteiger partial charge < -0.3 is 5.73 Å². The summed E-state index contributed by atoms with van der Waals surface area (Å²) < 4.78 is 14.9.